The van der Waals surface area contributed by atoms with Gasteiger partial charge in [0.1, 0.15) is 0 Å². The van der Waals surface area contributed by atoms with E-state index >= 15 is 0 Å². The summed E-state index contributed by atoms with van der Waals surface area (Å²) < 4.78 is 0. The topological polar surface area (TPSA) is 15.8 Å². The van der Waals surface area contributed by atoms with E-state index in [1.165, 1.54) is 16.3 Å². The van der Waals surface area contributed by atoms with E-state index < -0.39 is 0 Å². The van der Waals surface area contributed by atoms with Crippen LogP contribution in [0.3, 0.4) is 0 Å². The minimum atomic E-state index is 0.363. The van der Waals surface area contributed by atoms with Gasteiger partial charge in [-0.1, -0.05) is 39.7 Å². The Bertz CT molecular complexity index is 700. The molecule has 0 aliphatic rings. The molecule has 17 heavy (non-hydrogen) atoms. The third kappa shape index (κ3) is 1.85. The highest BCUT2D eigenvalue weighted by Gasteiger charge is 2.07. The zero-order valence-corrected chi connectivity index (χ0v) is 11.6. The highest BCUT2D eigenvalue weighted by molar-refractivity contribution is 9.09. The summed E-state index contributed by atoms with van der Waals surface area (Å²) in [6, 6.07) is 12.4. The van der Waals surface area contributed by atoms with E-state index in [-0.39, 0.29) is 0 Å². The Morgan fingerprint density at radius 1 is 1.06 bits per heavy atom. The van der Waals surface area contributed by atoms with Crippen molar-refractivity contribution in [3.8, 4) is 0 Å². The van der Waals surface area contributed by atoms with E-state index in [9.17, 15) is 0 Å². The normalized spacial score (nSPS) is 13.4. The van der Waals surface area contributed by atoms with Crippen LogP contribution in [0.2, 0.25) is 5.02 Å². The van der Waals surface area contributed by atoms with Crippen LogP contribution in [-0.4, -0.2) is 4.98 Å². The van der Waals surface area contributed by atoms with E-state index in [0.29, 0.717) is 4.83 Å². The molecule has 0 spiro atoms. The van der Waals surface area contributed by atoms with Crippen LogP contribution in [-0.2, 0) is 0 Å². The van der Waals surface area contributed by atoms with E-state index in [0.717, 1.165) is 16.1 Å². The molecule has 0 fully saturated rings. The standard InChI is InChI=1S/C14H11BrClN/c1-8(15)9-2-4-11-12-7-10(16)3-5-13(12)17-14(11)6-9/h2-8,17H,1H3. The van der Waals surface area contributed by atoms with E-state index in [1.54, 1.807) is 0 Å². The van der Waals surface area contributed by atoms with Crippen molar-refractivity contribution in [3.05, 3.63) is 47.0 Å². The molecular weight excluding hydrogens is 298 g/mol. The number of hydrogen-bond acceptors (Lipinski definition) is 0. The number of alkyl halides is 1. The van der Waals surface area contributed by atoms with Crippen molar-refractivity contribution in [2.75, 3.05) is 0 Å². The van der Waals surface area contributed by atoms with Gasteiger partial charge in [-0.3, -0.25) is 0 Å². The predicted octanol–water partition coefficient (Wildman–Crippen LogP) is 5.43. The molecule has 0 bridgehead atoms. The average molecular weight is 309 g/mol. The Balaban J connectivity index is 2.36. The molecule has 86 valence electrons. The lowest BCUT2D eigenvalue weighted by Gasteiger charge is -2.02. The number of nitrogens with one attached hydrogen (secondary N) is 1. The minimum Gasteiger partial charge on any atom is -0.355 e. The second-order valence-corrected chi connectivity index (χ2v) is 6.05. The molecule has 2 aromatic carbocycles. The first kappa shape index (κ1) is 11.1. The van der Waals surface area contributed by atoms with Crippen molar-refractivity contribution < 1.29 is 0 Å². The fourth-order valence-electron chi connectivity index (χ4n) is 2.14. The third-order valence-electron chi connectivity index (χ3n) is 3.04. The molecule has 3 heteroatoms. The van der Waals surface area contributed by atoms with Gasteiger partial charge >= 0.3 is 0 Å². The van der Waals surface area contributed by atoms with Gasteiger partial charge < -0.3 is 4.98 Å². The Hall–Kier alpha value is -0.990. The zero-order chi connectivity index (χ0) is 12.0. The quantitative estimate of drug-likeness (QED) is 0.577. The van der Waals surface area contributed by atoms with Crippen LogP contribution in [0.4, 0.5) is 0 Å². The molecule has 1 unspecified atom stereocenters. The largest absolute Gasteiger partial charge is 0.355 e. The van der Waals surface area contributed by atoms with Crippen molar-refractivity contribution in [2.45, 2.75) is 11.8 Å². The lowest BCUT2D eigenvalue weighted by atomic mass is 10.1. The summed E-state index contributed by atoms with van der Waals surface area (Å²) in [5.41, 5.74) is 3.56. The van der Waals surface area contributed by atoms with Crippen LogP contribution in [0.5, 0.6) is 0 Å². The fourth-order valence-corrected chi connectivity index (χ4v) is 2.60. The molecule has 3 aromatic rings. The number of rotatable bonds is 1. The van der Waals surface area contributed by atoms with Crippen molar-refractivity contribution in [1.29, 1.82) is 0 Å². The SMILES string of the molecule is CC(Br)c1ccc2c(c1)[nH]c1ccc(Cl)cc12. The van der Waals surface area contributed by atoms with Crippen molar-refractivity contribution in [1.82, 2.24) is 4.98 Å². The first-order valence-corrected chi connectivity index (χ1v) is 6.79. The smallest absolute Gasteiger partial charge is 0.0468 e. The van der Waals surface area contributed by atoms with Crippen LogP contribution in [0.1, 0.15) is 17.3 Å². The molecule has 1 atom stereocenters. The first-order chi connectivity index (χ1) is 8.15. The Kier molecular flexibility index (Phi) is 2.64. The Morgan fingerprint density at radius 2 is 1.88 bits per heavy atom. The molecule has 1 nitrogen and oxygen atoms in total. The van der Waals surface area contributed by atoms with Crippen molar-refractivity contribution in [3.63, 3.8) is 0 Å². The van der Waals surface area contributed by atoms with Gasteiger partial charge in [-0.25, -0.2) is 0 Å². The van der Waals surface area contributed by atoms with Gasteiger partial charge in [0.2, 0.25) is 0 Å². The molecule has 0 saturated heterocycles. The summed E-state index contributed by atoms with van der Waals surface area (Å²) in [5, 5.41) is 3.18. The predicted molar refractivity (Wildman–Crippen MR) is 78.2 cm³/mol. The third-order valence-corrected chi connectivity index (χ3v) is 3.81. The van der Waals surface area contributed by atoms with Crippen molar-refractivity contribution >= 4 is 49.3 Å². The van der Waals surface area contributed by atoms with Gasteiger partial charge in [-0.15, -0.1) is 0 Å². The van der Waals surface area contributed by atoms with Crippen LogP contribution >= 0.6 is 27.5 Å². The molecule has 3 rings (SSSR count). The lowest BCUT2D eigenvalue weighted by Crippen LogP contribution is -1.82. The number of hydrogen-bond donors (Lipinski definition) is 1. The number of aromatic nitrogens is 1. The summed E-state index contributed by atoms with van der Waals surface area (Å²) in [6.07, 6.45) is 0. The summed E-state index contributed by atoms with van der Waals surface area (Å²) in [6.45, 7) is 2.13. The van der Waals surface area contributed by atoms with Gasteiger partial charge in [0.25, 0.3) is 0 Å². The molecule has 1 heterocycles. The maximum Gasteiger partial charge on any atom is 0.0468 e. The second kappa shape index (κ2) is 4.04. The monoisotopic (exact) mass is 307 g/mol. The molecular formula is C14H11BrClN. The first-order valence-electron chi connectivity index (χ1n) is 5.50. The van der Waals surface area contributed by atoms with Crippen LogP contribution in [0.25, 0.3) is 21.8 Å². The Morgan fingerprint density at radius 3 is 2.65 bits per heavy atom. The molecule has 0 saturated carbocycles. The molecule has 1 aromatic heterocycles. The van der Waals surface area contributed by atoms with E-state index in [1.807, 2.05) is 18.2 Å². The van der Waals surface area contributed by atoms with Crippen LogP contribution in [0.15, 0.2) is 36.4 Å². The van der Waals surface area contributed by atoms with Crippen molar-refractivity contribution in [2.24, 2.45) is 0 Å². The summed E-state index contributed by atoms with van der Waals surface area (Å²) in [7, 11) is 0. The van der Waals surface area contributed by atoms with Gasteiger partial charge in [-0.2, -0.15) is 0 Å². The average Bonchev–Trinajstić information content (AvgIpc) is 2.66. The highest BCUT2D eigenvalue weighted by Crippen LogP contribution is 2.31. The summed E-state index contributed by atoms with van der Waals surface area (Å²) in [5.74, 6) is 0. The van der Waals surface area contributed by atoms with Crippen LogP contribution in [0, 0.1) is 0 Å². The molecule has 1 N–H and O–H groups in total. The molecule has 0 radical (unpaired) electrons. The van der Waals surface area contributed by atoms with E-state index in [2.05, 4.69) is 46.0 Å². The summed E-state index contributed by atoms with van der Waals surface area (Å²) >= 11 is 9.62. The van der Waals surface area contributed by atoms with Gasteiger partial charge in [0, 0.05) is 31.7 Å². The highest BCUT2D eigenvalue weighted by atomic mass is 79.9. The second-order valence-electron chi connectivity index (χ2n) is 4.24. The number of fused-ring (bicyclic) bond motifs is 3. The maximum atomic E-state index is 6.04. The number of H-pyrrole nitrogens is 1. The Labute approximate surface area is 113 Å². The fraction of sp³-hybridized carbons (Fsp3) is 0.143. The van der Waals surface area contributed by atoms with Gasteiger partial charge in [0.15, 0.2) is 0 Å². The van der Waals surface area contributed by atoms with Gasteiger partial charge in [0.05, 0.1) is 0 Å². The minimum absolute atomic E-state index is 0.363. The number of benzene rings is 2. The zero-order valence-electron chi connectivity index (χ0n) is 9.30. The molecule has 0 amide bonds. The number of halogens is 2. The van der Waals surface area contributed by atoms with E-state index in [4.69, 9.17) is 11.6 Å². The number of aromatic amines is 1. The summed E-state index contributed by atoms with van der Waals surface area (Å²) in [4.78, 5) is 3.78. The molecule has 0 aliphatic carbocycles. The molecule has 0 aliphatic heterocycles. The maximum absolute atomic E-state index is 6.04. The lowest BCUT2D eigenvalue weighted by molar-refractivity contribution is 1.13. The van der Waals surface area contributed by atoms with Crippen LogP contribution < -0.4 is 0 Å². The van der Waals surface area contributed by atoms with Gasteiger partial charge in [-0.05, 0) is 36.8 Å².